The van der Waals surface area contributed by atoms with Gasteiger partial charge in [0.1, 0.15) is 0 Å². The lowest BCUT2D eigenvalue weighted by Crippen LogP contribution is -1.90. The van der Waals surface area contributed by atoms with Gasteiger partial charge in [-0.2, -0.15) is 12.6 Å². The van der Waals surface area contributed by atoms with Gasteiger partial charge in [0.25, 0.3) is 0 Å². The maximum Gasteiger partial charge on any atom is 0.0894 e. The number of unbranched alkanes of at least 4 members (excludes halogenated alkanes) is 3. The molecule has 0 aromatic rings. The third kappa shape index (κ3) is 8.28. The van der Waals surface area contributed by atoms with Crippen molar-refractivity contribution < 1.29 is 4.39 Å². The van der Waals surface area contributed by atoms with Crippen molar-refractivity contribution in [3.63, 3.8) is 0 Å². The van der Waals surface area contributed by atoms with E-state index >= 15 is 0 Å². The number of thiol groups is 1. The van der Waals surface area contributed by atoms with Gasteiger partial charge in [0, 0.05) is 0 Å². The van der Waals surface area contributed by atoms with E-state index in [1.165, 1.54) is 6.42 Å². The Morgan fingerprint density at radius 1 is 1.20 bits per heavy atom. The van der Waals surface area contributed by atoms with E-state index in [0.29, 0.717) is 5.25 Å². The summed E-state index contributed by atoms with van der Waals surface area (Å²) in [6.45, 7) is 1.94. The lowest BCUT2D eigenvalue weighted by atomic mass is 10.1. The topological polar surface area (TPSA) is 0 Å². The van der Waals surface area contributed by atoms with Crippen LogP contribution in [0.3, 0.4) is 0 Å². The number of alkyl halides is 1. The summed E-state index contributed by atoms with van der Waals surface area (Å²) in [7, 11) is 0. The Bertz CT molecular complexity index is 64.3. The second-order valence-electron chi connectivity index (χ2n) is 2.74. The molecule has 0 aliphatic rings. The molecule has 0 spiro atoms. The van der Waals surface area contributed by atoms with Crippen LogP contribution in [-0.2, 0) is 0 Å². The number of rotatable bonds is 6. The van der Waals surface area contributed by atoms with Gasteiger partial charge < -0.3 is 0 Å². The zero-order valence-corrected chi connectivity index (χ0v) is 7.54. The second kappa shape index (κ2) is 7.39. The van der Waals surface area contributed by atoms with Gasteiger partial charge in [0.2, 0.25) is 0 Å². The molecule has 0 rings (SSSR count). The van der Waals surface area contributed by atoms with E-state index in [1.807, 2.05) is 0 Å². The summed E-state index contributed by atoms with van der Waals surface area (Å²) in [5, 5.41) is 0.505. The van der Waals surface area contributed by atoms with Gasteiger partial charge in [0.05, 0.1) is 6.67 Å². The molecule has 0 saturated heterocycles. The maximum atomic E-state index is 11.6. The number of halogens is 1. The molecule has 1 atom stereocenters. The van der Waals surface area contributed by atoms with Crippen LogP contribution in [-0.4, -0.2) is 11.9 Å². The van der Waals surface area contributed by atoms with E-state index in [9.17, 15) is 4.39 Å². The predicted octanol–water partition coefficient (Wildman–Crippen LogP) is 3.22. The van der Waals surface area contributed by atoms with Crippen LogP contribution in [0.2, 0.25) is 0 Å². The van der Waals surface area contributed by atoms with Gasteiger partial charge in [-0.3, -0.25) is 4.39 Å². The van der Waals surface area contributed by atoms with E-state index in [0.717, 1.165) is 25.7 Å². The van der Waals surface area contributed by atoms with Crippen molar-refractivity contribution in [1.82, 2.24) is 0 Å². The van der Waals surface area contributed by atoms with Gasteiger partial charge in [-0.05, 0) is 18.1 Å². The molecule has 0 aromatic carbocycles. The van der Waals surface area contributed by atoms with Crippen LogP contribution in [0.5, 0.6) is 0 Å². The number of hydrogen-bond donors (Lipinski definition) is 1. The molecule has 2 heteroatoms. The van der Waals surface area contributed by atoms with Crippen molar-refractivity contribution >= 4 is 12.6 Å². The van der Waals surface area contributed by atoms with Crippen LogP contribution < -0.4 is 0 Å². The molecule has 0 radical (unpaired) electrons. The highest BCUT2D eigenvalue weighted by Gasteiger charge is 1.93. The molecule has 1 unspecified atom stereocenters. The molecule has 0 heterocycles. The third-order valence-electron chi connectivity index (χ3n) is 1.51. The first-order valence-electron chi connectivity index (χ1n) is 4.01. The van der Waals surface area contributed by atoms with E-state index in [2.05, 4.69) is 19.6 Å². The van der Waals surface area contributed by atoms with Crippen LogP contribution in [0, 0.1) is 0 Å². The highest BCUT2D eigenvalue weighted by Crippen LogP contribution is 2.08. The largest absolute Gasteiger partial charge is 0.251 e. The van der Waals surface area contributed by atoms with Crippen molar-refractivity contribution in [2.75, 3.05) is 6.67 Å². The Kier molecular flexibility index (Phi) is 7.59. The summed E-state index contributed by atoms with van der Waals surface area (Å²) in [6.07, 6.45) is 5.30. The standard InChI is InChI=1S/C8H17FS/c1-8(10)6-4-2-3-5-7-9/h8,10H,2-7H2,1H3. The molecule has 10 heavy (non-hydrogen) atoms. The van der Waals surface area contributed by atoms with Gasteiger partial charge in [0.15, 0.2) is 0 Å². The second-order valence-corrected chi connectivity index (χ2v) is 3.62. The van der Waals surface area contributed by atoms with Crippen molar-refractivity contribution in [2.24, 2.45) is 0 Å². The van der Waals surface area contributed by atoms with Gasteiger partial charge in [-0.25, -0.2) is 0 Å². The highest BCUT2D eigenvalue weighted by atomic mass is 32.1. The summed E-state index contributed by atoms with van der Waals surface area (Å²) in [5.41, 5.74) is 0. The van der Waals surface area contributed by atoms with Crippen molar-refractivity contribution in [3.05, 3.63) is 0 Å². The van der Waals surface area contributed by atoms with E-state index in [4.69, 9.17) is 0 Å². The van der Waals surface area contributed by atoms with Crippen LogP contribution in [0.4, 0.5) is 4.39 Å². The fraction of sp³-hybridized carbons (Fsp3) is 1.00. The SMILES string of the molecule is CC(S)CCCCCCF. The Morgan fingerprint density at radius 2 is 1.80 bits per heavy atom. The Labute approximate surface area is 68.6 Å². The minimum atomic E-state index is -0.156. The molecule has 0 saturated carbocycles. The minimum absolute atomic E-state index is 0.156. The first kappa shape index (κ1) is 10.3. The molecule has 0 nitrogen and oxygen atoms in total. The fourth-order valence-corrected chi connectivity index (χ4v) is 1.07. The molecular formula is C8H17FS. The fourth-order valence-electron chi connectivity index (χ4n) is 0.888. The minimum Gasteiger partial charge on any atom is -0.251 e. The van der Waals surface area contributed by atoms with Gasteiger partial charge in [-0.15, -0.1) is 0 Å². The van der Waals surface area contributed by atoms with E-state index in [-0.39, 0.29) is 6.67 Å². The van der Waals surface area contributed by atoms with E-state index < -0.39 is 0 Å². The van der Waals surface area contributed by atoms with Crippen LogP contribution in [0.25, 0.3) is 0 Å². The molecule has 0 amide bonds. The first-order chi connectivity index (χ1) is 4.77. The first-order valence-corrected chi connectivity index (χ1v) is 4.53. The molecule has 0 aliphatic carbocycles. The summed E-state index contributed by atoms with van der Waals surface area (Å²) in [4.78, 5) is 0. The average Bonchev–Trinajstić information content (AvgIpc) is 1.87. The lowest BCUT2D eigenvalue weighted by Gasteiger charge is -2.01. The zero-order valence-electron chi connectivity index (χ0n) is 6.65. The van der Waals surface area contributed by atoms with Crippen LogP contribution in [0.1, 0.15) is 39.0 Å². The van der Waals surface area contributed by atoms with Crippen LogP contribution >= 0.6 is 12.6 Å². The Balaban J connectivity index is 2.77. The van der Waals surface area contributed by atoms with Gasteiger partial charge in [-0.1, -0.05) is 26.2 Å². The molecule has 0 bridgehead atoms. The summed E-state index contributed by atoms with van der Waals surface area (Å²) in [5.74, 6) is 0. The van der Waals surface area contributed by atoms with E-state index in [1.54, 1.807) is 0 Å². The highest BCUT2D eigenvalue weighted by molar-refractivity contribution is 7.80. The Hall–Kier alpha value is 0.280. The monoisotopic (exact) mass is 164 g/mol. The quantitative estimate of drug-likeness (QED) is 0.452. The van der Waals surface area contributed by atoms with Crippen molar-refractivity contribution in [2.45, 2.75) is 44.3 Å². The van der Waals surface area contributed by atoms with Gasteiger partial charge >= 0.3 is 0 Å². The molecule has 0 aliphatic heterocycles. The normalized spacial score (nSPS) is 13.5. The molecular weight excluding hydrogens is 147 g/mol. The predicted molar refractivity (Wildman–Crippen MR) is 47.5 cm³/mol. The molecule has 0 fully saturated rings. The Morgan fingerprint density at radius 3 is 2.30 bits per heavy atom. The summed E-state index contributed by atoms with van der Waals surface area (Å²) < 4.78 is 11.6. The smallest absolute Gasteiger partial charge is 0.0894 e. The van der Waals surface area contributed by atoms with Crippen molar-refractivity contribution in [3.8, 4) is 0 Å². The average molecular weight is 164 g/mol. The molecule has 0 N–H and O–H groups in total. The lowest BCUT2D eigenvalue weighted by molar-refractivity contribution is 0.451. The summed E-state index contributed by atoms with van der Waals surface area (Å²) >= 11 is 4.25. The summed E-state index contributed by atoms with van der Waals surface area (Å²) in [6, 6.07) is 0. The molecule has 0 aromatic heterocycles. The third-order valence-corrected chi connectivity index (χ3v) is 1.76. The van der Waals surface area contributed by atoms with Crippen molar-refractivity contribution in [1.29, 1.82) is 0 Å². The number of hydrogen-bond acceptors (Lipinski definition) is 1. The molecule has 62 valence electrons. The maximum absolute atomic E-state index is 11.6. The zero-order chi connectivity index (χ0) is 7.82. The van der Waals surface area contributed by atoms with Crippen LogP contribution in [0.15, 0.2) is 0 Å².